The van der Waals surface area contributed by atoms with Gasteiger partial charge in [-0.2, -0.15) is 17.6 Å². The van der Waals surface area contributed by atoms with Crippen molar-refractivity contribution in [3.05, 3.63) is 71.8 Å². The summed E-state index contributed by atoms with van der Waals surface area (Å²) in [6, 6.07) is 17.5. The Hall–Kier alpha value is -2.00. The first-order chi connectivity index (χ1) is 13.9. The summed E-state index contributed by atoms with van der Waals surface area (Å²) >= 11 is 0. The van der Waals surface area contributed by atoms with Crippen LogP contribution in [0.25, 0.3) is 0 Å². The Labute approximate surface area is 166 Å². The highest BCUT2D eigenvalue weighted by Gasteiger charge is 2.72. The molecule has 1 heterocycles. The summed E-state index contributed by atoms with van der Waals surface area (Å²) in [5, 5.41) is 0. The first-order valence-electron chi connectivity index (χ1n) is 9.07. The molecule has 3 atom stereocenters. The van der Waals surface area contributed by atoms with E-state index in [2.05, 4.69) is 4.74 Å². The third kappa shape index (κ3) is 4.78. The zero-order chi connectivity index (χ0) is 20.9. The molecule has 0 aliphatic carbocycles. The lowest BCUT2D eigenvalue weighted by molar-refractivity contribution is -0.406. The summed E-state index contributed by atoms with van der Waals surface area (Å²) in [6.45, 7) is -0.515. The topological polar surface area (TPSA) is 36.9 Å². The summed E-state index contributed by atoms with van der Waals surface area (Å²) in [7, 11) is 0.891. The van der Waals surface area contributed by atoms with Crippen LogP contribution in [-0.2, 0) is 32.2 Å². The molecular weight excluding hydrogens is 392 g/mol. The molecule has 3 rings (SSSR count). The Kier molecular flexibility index (Phi) is 6.89. The van der Waals surface area contributed by atoms with E-state index in [1.54, 1.807) is 54.6 Å². The highest BCUT2D eigenvalue weighted by atomic mass is 19.3. The molecule has 0 N–H and O–H groups in total. The van der Waals surface area contributed by atoms with Crippen LogP contribution in [0.15, 0.2) is 60.7 Å². The largest absolute Gasteiger partial charge is 0.374 e. The van der Waals surface area contributed by atoms with Gasteiger partial charge in [0, 0.05) is 7.11 Å². The molecule has 8 heteroatoms. The van der Waals surface area contributed by atoms with Crippen molar-refractivity contribution in [2.24, 2.45) is 0 Å². The van der Waals surface area contributed by atoms with Crippen LogP contribution in [0.1, 0.15) is 11.1 Å². The van der Waals surface area contributed by atoms with Crippen molar-refractivity contribution in [3.8, 4) is 0 Å². The van der Waals surface area contributed by atoms with Crippen molar-refractivity contribution < 1.29 is 36.5 Å². The number of benzene rings is 2. The number of rotatable bonds is 8. The first-order valence-corrected chi connectivity index (χ1v) is 9.07. The van der Waals surface area contributed by atoms with Crippen LogP contribution in [0.2, 0.25) is 0 Å². The van der Waals surface area contributed by atoms with Gasteiger partial charge in [-0.3, -0.25) is 0 Å². The predicted octanol–water partition coefficient (Wildman–Crippen LogP) is 4.43. The molecule has 2 aromatic carbocycles. The van der Waals surface area contributed by atoms with E-state index in [1.807, 2.05) is 6.07 Å². The molecule has 0 unspecified atom stereocenters. The smallest absolute Gasteiger partial charge is 0.362 e. The second-order valence-electron chi connectivity index (χ2n) is 6.71. The molecule has 0 saturated carbocycles. The Morgan fingerprint density at radius 3 is 1.93 bits per heavy atom. The van der Waals surface area contributed by atoms with E-state index in [9.17, 15) is 17.6 Å². The molecule has 0 bridgehead atoms. The van der Waals surface area contributed by atoms with E-state index in [4.69, 9.17) is 14.2 Å². The van der Waals surface area contributed by atoms with Gasteiger partial charge in [-0.05, 0) is 11.1 Å². The van der Waals surface area contributed by atoms with Gasteiger partial charge in [0.1, 0.15) is 6.10 Å². The number of halogens is 4. The second kappa shape index (κ2) is 9.21. The molecule has 1 saturated heterocycles. The number of hydrogen-bond acceptors (Lipinski definition) is 4. The van der Waals surface area contributed by atoms with Crippen LogP contribution in [0.4, 0.5) is 17.6 Å². The normalized spacial score (nSPS) is 25.6. The SMILES string of the molecule is CO[C@H]1O[C@H](COCc2ccccc2)[C@H](OCc2ccccc2)C(F)(F)C1(F)F. The average Bonchev–Trinajstić information content (AvgIpc) is 2.71. The van der Waals surface area contributed by atoms with E-state index in [1.165, 1.54) is 0 Å². The molecule has 0 amide bonds. The molecule has 158 valence electrons. The lowest BCUT2D eigenvalue weighted by atomic mass is 9.96. The van der Waals surface area contributed by atoms with Crippen molar-refractivity contribution in [3.63, 3.8) is 0 Å². The standard InChI is InChI=1S/C21H22F4O4/c1-26-19-21(24,25)20(22,23)18(28-13-16-10-6-3-7-11-16)17(29-19)14-27-12-15-8-4-2-5-9-15/h2-11,17-19H,12-14H2,1H3/t17-,18+,19+/m1/s1. The zero-order valence-electron chi connectivity index (χ0n) is 15.8. The summed E-state index contributed by atoms with van der Waals surface area (Å²) < 4.78 is 78.2. The van der Waals surface area contributed by atoms with E-state index in [0.29, 0.717) is 5.56 Å². The number of methoxy groups -OCH3 is 1. The van der Waals surface area contributed by atoms with Crippen LogP contribution in [0.3, 0.4) is 0 Å². The van der Waals surface area contributed by atoms with Gasteiger partial charge < -0.3 is 18.9 Å². The summed E-state index contributed by atoms with van der Waals surface area (Å²) in [6.07, 6.45) is -6.05. The number of hydrogen-bond donors (Lipinski definition) is 0. The van der Waals surface area contributed by atoms with Crippen LogP contribution in [-0.4, -0.2) is 44.1 Å². The molecule has 0 radical (unpaired) electrons. The highest BCUT2D eigenvalue weighted by molar-refractivity contribution is 5.14. The van der Waals surface area contributed by atoms with Gasteiger partial charge in [0.15, 0.2) is 6.10 Å². The molecule has 2 aromatic rings. The van der Waals surface area contributed by atoms with Crippen molar-refractivity contribution in [2.75, 3.05) is 13.7 Å². The van der Waals surface area contributed by atoms with Crippen LogP contribution in [0, 0.1) is 0 Å². The third-order valence-electron chi connectivity index (χ3n) is 4.61. The molecule has 0 aromatic heterocycles. The monoisotopic (exact) mass is 414 g/mol. The van der Waals surface area contributed by atoms with Gasteiger partial charge in [0.25, 0.3) is 0 Å². The molecule has 1 aliphatic rings. The van der Waals surface area contributed by atoms with E-state index in [-0.39, 0.29) is 19.8 Å². The fourth-order valence-corrected chi connectivity index (χ4v) is 3.07. The van der Waals surface area contributed by atoms with Crippen LogP contribution < -0.4 is 0 Å². The molecule has 1 fully saturated rings. The maximum absolute atomic E-state index is 14.7. The van der Waals surface area contributed by atoms with Gasteiger partial charge in [0.05, 0.1) is 19.8 Å². The van der Waals surface area contributed by atoms with Gasteiger partial charge in [0.2, 0.25) is 6.29 Å². The minimum absolute atomic E-state index is 0.117. The maximum Gasteiger partial charge on any atom is 0.362 e. The maximum atomic E-state index is 14.7. The van der Waals surface area contributed by atoms with Crippen LogP contribution in [0.5, 0.6) is 0 Å². The Balaban J connectivity index is 1.73. The van der Waals surface area contributed by atoms with Gasteiger partial charge in [-0.25, -0.2) is 0 Å². The van der Waals surface area contributed by atoms with E-state index >= 15 is 0 Å². The lowest BCUT2D eigenvalue weighted by Gasteiger charge is -2.45. The molecule has 29 heavy (non-hydrogen) atoms. The summed E-state index contributed by atoms with van der Waals surface area (Å²) in [5.41, 5.74) is 1.38. The Bertz CT molecular complexity index is 758. The Morgan fingerprint density at radius 2 is 1.38 bits per heavy atom. The predicted molar refractivity (Wildman–Crippen MR) is 96.7 cm³/mol. The number of alkyl halides is 4. The minimum Gasteiger partial charge on any atom is -0.374 e. The number of ether oxygens (including phenoxy) is 4. The van der Waals surface area contributed by atoms with Crippen molar-refractivity contribution in [2.45, 2.75) is 43.6 Å². The molecule has 0 spiro atoms. The second-order valence-corrected chi connectivity index (χ2v) is 6.71. The van der Waals surface area contributed by atoms with Gasteiger partial charge >= 0.3 is 11.8 Å². The third-order valence-corrected chi connectivity index (χ3v) is 4.61. The summed E-state index contributed by atoms with van der Waals surface area (Å²) in [5.74, 6) is -9.07. The van der Waals surface area contributed by atoms with Crippen molar-refractivity contribution in [1.82, 2.24) is 0 Å². The van der Waals surface area contributed by atoms with Gasteiger partial charge in [-0.1, -0.05) is 60.7 Å². The lowest BCUT2D eigenvalue weighted by Crippen LogP contribution is -2.67. The zero-order valence-corrected chi connectivity index (χ0v) is 15.8. The molecule has 4 nitrogen and oxygen atoms in total. The fraction of sp³-hybridized carbons (Fsp3) is 0.429. The molecule has 1 aliphatic heterocycles. The van der Waals surface area contributed by atoms with Crippen molar-refractivity contribution in [1.29, 1.82) is 0 Å². The highest BCUT2D eigenvalue weighted by Crippen LogP contribution is 2.47. The van der Waals surface area contributed by atoms with Gasteiger partial charge in [-0.15, -0.1) is 0 Å². The quantitative estimate of drug-likeness (QED) is 0.599. The fourth-order valence-electron chi connectivity index (χ4n) is 3.07. The summed E-state index contributed by atoms with van der Waals surface area (Å²) in [4.78, 5) is 0. The van der Waals surface area contributed by atoms with E-state index < -0.39 is 30.3 Å². The minimum atomic E-state index is -4.56. The Morgan fingerprint density at radius 1 is 0.828 bits per heavy atom. The van der Waals surface area contributed by atoms with E-state index in [0.717, 1.165) is 12.7 Å². The molecular formula is C21H22F4O4. The average molecular weight is 414 g/mol. The van der Waals surface area contributed by atoms with Crippen molar-refractivity contribution >= 4 is 0 Å². The van der Waals surface area contributed by atoms with Crippen LogP contribution >= 0.6 is 0 Å². The first kappa shape index (κ1) is 21.7.